The maximum Gasteiger partial charge on any atom is 0.319 e. The third-order valence-electron chi connectivity index (χ3n) is 5.39. The molecule has 0 aliphatic carbocycles. The number of amides is 1. The summed E-state index contributed by atoms with van der Waals surface area (Å²) in [4.78, 5) is 30.2. The van der Waals surface area contributed by atoms with Gasteiger partial charge in [-0.05, 0) is 43.4 Å². The lowest BCUT2D eigenvalue weighted by Crippen LogP contribution is -2.34. The second kappa shape index (κ2) is 8.66. The van der Waals surface area contributed by atoms with Gasteiger partial charge in [0.15, 0.2) is 0 Å². The fourth-order valence-electron chi connectivity index (χ4n) is 3.94. The maximum atomic E-state index is 11.8. The van der Waals surface area contributed by atoms with Crippen LogP contribution in [-0.4, -0.2) is 58.8 Å². The molecule has 1 aliphatic rings. The molecule has 3 N–H and O–H groups in total. The van der Waals surface area contributed by atoms with Crippen molar-refractivity contribution in [2.75, 3.05) is 31.7 Å². The van der Waals surface area contributed by atoms with Crippen molar-refractivity contribution >= 4 is 22.8 Å². The molecular formula is C21H26N6O3. The van der Waals surface area contributed by atoms with E-state index in [4.69, 9.17) is 15.2 Å². The molecule has 4 rings (SSSR count). The number of fused-ring (bicyclic) bond motifs is 1. The molecule has 0 aromatic carbocycles. The molecule has 1 fully saturated rings. The predicted octanol–water partition coefficient (Wildman–Crippen LogP) is 2.25. The number of hydrogen-bond acceptors (Lipinski definition) is 7. The van der Waals surface area contributed by atoms with Crippen LogP contribution in [0.3, 0.4) is 0 Å². The van der Waals surface area contributed by atoms with Crippen molar-refractivity contribution < 1.29 is 14.3 Å². The van der Waals surface area contributed by atoms with E-state index < -0.39 is 5.91 Å². The van der Waals surface area contributed by atoms with Crippen LogP contribution in [0.5, 0.6) is 6.01 Å². The monoisotopic (exact) mass is 410 g/mol. The minimum absolute atomic E-state index is 0.135. The Morgan fingerprint density at radius 2 is 2.17 bits per heavy atom. The molecule has 0 radical (unpaired) electrons. The molecule has 3 aromatic heterocycles. The van der Waals surface area contributed by atoms with Crippen LogP contribution >= 0.6 is 0 Å². The van der Waals surface area contributed by atoms with E-state index in [-0.39, 0.29) is 17.8 Å². The van der Waals surface area contributed by atoms with Crippen LogP contribution in [0.15, 0.2) is 30.6 Å². The van der Waals surface area contributed by atoms with E-state index in [0.29, 0.717) is 18.3 Å². The van der Waals surface area contributed by atoms with Gasteiger partial charge in [-0.1, -0.05) is 0 Å². The number of carbonyl (C=O) groups is 1. The average molecular weight is 410 g/mol. The van der Waals surface area contributed by atoms with Crippen LogP contribution in [0.4, 0.5) is 5.82 Å². The van der Waals surface area contributed by atoms with Gasteiger partial charge in [0, 0.05) is 44.0 Å². The third-order valence-corrected chi connectivity index (χ3v) is 5.39. The number of aromatic amines is 1. The first-order valence-electron chi connectivity index (χ1n) is 10.1. The number of nitrogens with one attached hydrogen (secondary N) is 1. The van der Waals surface area contributed by atoms with Crippen molar-refractivity contribution in [3.05, 3.63) is 41.9 Å². The minimum atomic E-state index is -0.607. The molecule has 0 spiro atoms. The first kappa shape index (κ1) is 20.1. The number of aromatic nitrogens is 4. The van der Waals surface area contributed by atoms with Gasteiger partial charge in [-0.2, -0.15) is 9.97 Å². The number of pyridine rings is 1. The van der Waals surface area contributed by atoms with Crippen LogP contribution in [0.1, 0.15) is 41.7 Å². The summed E-state index contributed by atoms with van der Waals surface area (Å²) in [6.07, 6.45) is 5.55. The van der Waals surface area contributed by atoms with E-state index in [2.05, 4.69) is 37.1 Å². The van der Waals surface area contributed by atoms with E-state index >= 15 is 0 Å². The van der Waals surface area contributed by atoms with Crippen molar-refractivity contribution in [1.29, 1.82) is 0 Å². The molecule has 3 aromatic rings. The van der Waals surface area contributed by atoms with E-state index in [1.54, 1.807) is 19.4 Å². The molecule has 1 unspecified atom stereocenters. The summed E-state index contributed by atoms with van der Waals surface area (Å²) in [5.74, 6) is 0.482. The fraction of sp³-hybridized carbons (Fsp3) is 0.429. The largest absolute Gasteiger partial charge is 0.458 e. The van der Waals surface area contributed by atoms with Crippen LogP contribution in [-0.2, 0) is 4.74 Å². The Kier molecular flexibility index (Phi) is 5.80. The highest BCUT2D eigenvalue weighted by molar-refractivity contribution is 5.91. The number of primary amides is 1. The lowest BCUT2D eigenvalue weighted by molar-refractivity contribution is 0.0847. The summed E-state index contributed by atoms with van der Waals surface area (Å²) >= 11 is 0. The standard InChI is InChI=1S/C21H26N6O3/c1-13(12-29-2)30-21-25-17(19(22)28)10-18(26-21)27-8-5-14(6-9-27)16-11-24-20-15(16)4-3-7-23-20/h3-4,7,10-11,13-14H,5-6,8-9,12H2,1-2H3,(H2,22,28)(H,23,24). The quantitative estimate of drug-likeness (QED) is 0.613. The maximum absolute atomic E-state index is 11.8. The van der Waals surface area contributed by atoms with Crippen LogP contribution in [0, 0.1) is 0 Å². The van der Waals surface area contributed by atoms with Crippen LogP contribution < -0.4 is 15.4 Å². The first-order chi connectivity index (χ1) is 14.5. The summed E-state index contributed by atoms with van der Waals surface area (Å²) in [7, 11) is 1.60. The van der Waals surface area contributed by atoms with Gasteiger partial charge in [0.05, 0.1) is 6.61 Å². The van der Waals surface area contributed by atoms with E-state index in [1.807, 2.05) is 13.0 Å². The van der Waals surface area contributed by atoms with Crippen LogP contribution in [0.2, 0.25) is 0 Å². The zero-order valence-corrected chi connectivity index (χ0v) is 17.2. The highest BCUT2D eigenvalue weighted by Gasteiger charge is 2.25. The summed E-state index contributed by atoms with van der Waals surface area (Å²) in [5, 5.41) is 1.18. The Labute approximate surface area is 174 Å². The lowest BCUT2D eigenvalue weighted by atomic mass is 9.89. The summed E-state index contributed by atoms with van der Waals surface area (Å²) in [6, 6.07) is 5.84. The van der Waals surface area contributed by atoms with Gasteiger partial charge in [-0.15, -0.1) is 0 Å². The molecule has 9 nitrogen and oxygen atoms in total. The number of nitrogens with two attached hydrogens (primary N) is 1. The highest BCUT2D eigenvalue weighted by atomic mass is 16.5. The Hall–Kier alpha value is -3.20. The second-order valence-electron chi connectivity index (χ2n) is 7.55. The number of methoxy groups -OCH3 is 1. The zero-order chi connectivity index (χ0) is 21.1. The number of piperidine rings is 1. The molecule has 1 atom stereocenters. The average Bonchev–Trinajstić information content (AvgIpc) is 3.18. The van der Waals surface area contributed by atoms with Gasteiger partial charge in [0.1, 0.15) is 23.3 Å². The van der Waals surface area contributed by atoms with E-state index in [0.717, 1.165) is 31.6 Å². The number of H-pyrrole nitrogens is 1. The summed E-state index contributed by atoms with van der Waals surface area (Å²) in [6.45, 7) is 3.86. The molecule has 1 amide bonds. The van der Waals surface area contributed by atoms with Crippen molar-refractivity contribution in [2.45, 2.75) is 31.8 Å². The van der Waals surface area contributed by atoms with Gasteiger partial charge >= 0.3 is 6.01 Å². The van der Waals surface area contributed by atoms with Gasteiger partial charge in [-0.25, -0.2) is 4.98 Å². The molecule has 0 saturated carbocycles. The number of ether oxygens (including phenoxy) is 2. The summed E-state index contributed by atoms with van der Waals surface area (Å²) < 4.78 is 10.8. The Morgan fingerprint density at radius 1 is 1.37 bits per heavy atom. The number of anilines is 1. The molecule has 158 valence electrons. The van der Waals surface area contributed by atoms with Gasteiger partial charge in [0.2, 0.25) is 0 Å². The molecular weight excluding hydrogens is 384 g/mol. The van der Waals surface area contributed by atoms with Crippen molar-refractivity contribution in [2.24, 2.45) is 5.73 Å². The lowest BCUT2D eigenvalue weighted by Gasteiger charge is -2.33. The SMILES string of the molecule is COCC(C)Oc1nc(C(N)=O)cc(N2CCC(c3c[nH]c4ncccc34)CC2)n1. The molecule has 4 heterocycles. The van der Waals surface area contributed by atoms with Gasteiger partial charge in [0.25, 0.3) is 5.91 Å². The number of nitrogens with zero attached hydrogens (tertiary/aromatic N) is 4. The fourth-order valence-corrected chi connectivity index (χ4v) is 3.94. The molecule has 0 bridgehead atoms. The van der Waals surface area contributed by atoms with Gasteiger partial charge in [-0.3, -0.25) is 4.79 Å². The van der Waals surface area contributed by atoms with E-state index in [9.17, 15) is 4.79 Å². The van der Waals surface area contributed by atoms with Crippen molar-refractivity contribution in [3.63, 3.8) is 0 Å². The van der Waals surface area contributed by atoms with Crippen molar-refractivity contribution in [1.82, 2.24) is 19.9 Å². The van der Waals surface area contributed by atoms with Gasteiger partial charge < -0.3 is 25.1 Å². The van der Waals surface area contributed by atoms with Crippen LogP contribution in [0.25, 0.3) is 11.0 Å². The zero-order valence-electron chi connectivity index (χ0n) is 17.2. The number of hydrogen-bond donors (Lipinski definition) is 2. The Bertz CT molecular complexity index is 1030. The highest BCUT2D eigenvalue weighted by Crippen LogP contribution is 2.34. The molecule has 1 saturated heterocycles. The minimum Gasteiger partial charge on any atom is -0.458 e. The molecule has 1 aliphatic heterocycles. The molecule has 9 heteroatoms. The normalized spacial score (nSPS) is 16.0. The predicted molar refractivity (Wildman–Crippen MR) is 113 cm³/mol. The number of carbonyl (C=O) groups excluding carboxylic acids is 1. The Balaban J connectivity index is 1.50. The Morgan fingerprint density at radius 3 is 2.90 bits per heavy atom. The molecule has 30 heavy (non-hydrogen) atoms. The smallest absolute Gasteiger partial charge is 0.319 e. The topological polar surface area (TPSA) is 119 Å². The van der Waals surface area contributed by atoms with E-state index in [1.165, 1.54) is 10.9 Å². The summed E-state index contributed by atoms with van der Waals surface area (Å²) in [5.41, 5.74) is 7.84. The second-order valence-corrected chi connectivity index (χ2v) is 7.55. The number of rotatable bonds is 7. The van der Waals surface area contributed by atoms with Crippen molar-refractivity contribution in [3.8, 4) is 6.01 Å². The third kappa shape index (κ3) is 4.20. The first-order valence-corrected chi connectivity index (χ1v) is 10.1.